The molecule has 2 rings (SSSR count). The SMILES string of the molecule is CCC1(CC)Oc2ccc(N)cc2N(CC(N)=S)C1=O. The van der Waals surface area contributed by atoms with Gasteiger partial charge in [0, 0.05) is 5.69 Å². The predicted octanol–water partition coefficient (Wildman–Crippen LogP) is 1.84. The first-order valence-electron chi connectivity index (χ1n) is 6.62. The molecule has 0 radical (unpaired) electrons. The number of fused-ring (bicyclic) bond motifs is 1. The van der Waals surface area contributed by atoms with Crippen molar-refractivity contribution in [2.24, 2.45) is 5.73 Å². The molecule has 0 unspecified atom stereocenters. The second-order valence-electron chi connectivity index (χ2n) is 4.89. The summed E-state index contributed by atoms with van der Waals surface area (Å²) < 4.78 is 5.97. The summed E-state index contributed by atoms with van der Waals surface area (Å²) in [6, 6.07) is 5.24. The van der Waals surface area contributed by atoms with Gasteiger partial charge in [0.1, 0.15) is 5.75 Å². The van der Waals surface area contributed by atoms with Crippen LogP contribution in [0.3, 0.4) is 0 Å². The largest absolute Gasteiger partial charge is 0.475 e. The van der Waals surface area contributed by atoms with Crippen molar-refractivity contribution in [3.05, 3.63) is 18.2 Å². The van der Waals surface area contributed by atoms with Crippen LogP contribution in [0.2, 0.25) is 0 Å². The second kappa shape index (κ2) is 5.28. The molecule has 1 aromatic carbocycles. The molecule has 0 saturated heterocycles. The molecular weight excluding hydrogens is 274 g/mol. The molecule has 0 aliphatic carbocycles. The van der Waals surface area contributed by atoms with Crippen LogP contribution in [0.1, 0.15) is 26.7 Å². The first kappa shape index (κ1) is 14.6. The minimum absolute atomic E-state index is 0.117. The van der Waals surface area contributed by atoms with E-state index in [1.807, 2.05) is 13.8 Å². The van der Waals surface area contributed by atoms with Crippen molar-refractivity contribution in [2.45, 2.75) is 32.3 Å². The highest BCUT2D eigenvalue weighted by atomic mass is 32.1. The fourth-order valence-corrected chi connectivity index (χ4v) is 2.58. The van der Waals surface area contributed by atoms with Crippen LogP contribution in [0.15, 0.2) is 18.2 Å². The smallest absolute Gasteiger partial charge is 0.271 e. The van der Waals surface area contributed by atoms with Crippen molar-refractivity contribution in [3.63, 3.8) is 0 Å². The van der Waals surface area contributed by atoms with Gasteiger partial charge in [-0.05, 0) is 31.0 Å². The minimum Gasteiger partial charge on any atom is -0.475 e. The van der Waals surface area contributed by atoms with Crippen molar-refractivity contribution >= 4 is 34.5 Å². The number of rotatable bonds is 4. The summed E-state index contributed by atoms with van der Waals surface area (Å²) in [5.41, 5.74) is 11.7. The van der Waals surface area contributed by atoms with Crippen LogP contribution in [-0.2, 0) is 4.79 Å². The fourth-order valence-electron chi connectivity index (χ4n) is 2.45. The van der Waals surface area contributed by atoms with Crippen LogP contribution in [0.4, 0.5) is 11.4 Å². The third-order valence-corrected chi connectivity index (χ3v) is 3.80. The number of hydrogen-bond donors (Lipinski definition) is 2. The van der Waals surface area contributed by atoms with E-state index >= 15 is 0 Å². The topological polar surface area (TPSA) is 81.6 Å². The number of amides is 1. The summed E-state index contributed by atoms with van der Waals surface area (Å²) >= 11 is 4.95. The average Bonchev–Trinajstić information content (AvgIpc) is 2.42. The van der Waals surface area contributed by atoms with Gasteiger partial charge in [0.2, 0.25) is 0 Å². The number of hydrogen-bond acceptors (Lipinski definition) is 4. The zero-order valence-corrected chi connectivity index (χ0v) is 12.5. The quantitative estimate of drug-likeness (QED) is 0.654. The zero-order valence-electron chi connectivity index (χ0n) is 11.7. The highest BCUT2D eigenvalue weighted by molar-refractivity contribution is 7.80. The van der Waals surface area contributed by atoms with Crippen LogP contribution in [-0.4, -0.2) is 23.0 Å². The first-order valence-corrected chi connectivity index (χ1v) is 7.03. The van der Waals surface area contributed by atoms with Crippen molar-refractivity contribution in [1.29, 1.82) is 0 Å². The molecule has 0 spiro atoms. The molecule has 0 atom stereocenters. The first-order chi connectivity index (χ1) is 9.43. The van der Waals surface area contributed by atoms with E-state index in [2.05, 4.69) is 0 Å². The maximum absolute atomic E-state index is 12.8. The molecule has 0 fully saturated rings. The lowest BCUT2D eigenvalue weighted by Crippen LogP contribution is -2.57. The second-order valence-corrected chi connectivity index (χ2v) is 5.41. The number of nitrogen functional groups attached to an aromatic ring is 1. The normalized spacial score (nSPS) is 16.5. The summed E-state index contributed by atoms with van der Waals surface area (Å²) in [5.74, 6) is 0.521. The Morgan fingerprint density at radius 1 is 1.40 bits per heavy atom. The monoisotopic (exact) mass is 293 g/mol. The van der Waals surface area contributed by atoms with Crippen molar-refractivity contribution in [2.75, 3.05) is 17.2 Å². The van der Waals surface area contributed by atoms with Gasteiger partial charge >= 0.3 is 0 Å². The molecule has 5 nitrogen and oxygen atoms in total. The molecule has 0 bridgehead atoms. The lowest BCUT2D eigenvalue weighted by molar-refractivity contribution is -0.136. The number of carbonyl (C=O) groups is 1. The molecule has 6 heteroatoms. The van der Waals surface area contributed by atoms with E-state index in [0.717, 1.165) is 0 Å². The maximum atomic E-state index is 12.8. The number of carbonyl (C=O) groups excluding carboxylic acids is 1. The van der Waals surface area contributed by atoms with E-state index in [4.69, 9.17) is 28.4 Å². The van der Waals surface area contributed by atoms with Gasteiger partial charge in [-0.25, -0.2) is 0 Å². The average molecular weight is 293 g/mol. The molecule has 0 saturated carbocycles. The standard InChI is InChI=1S/C14H19N3O2S/c1-3-14(4-2)13(18)17(8-12(16)20)10-7-9(15)5-6-11(10)19-14/h5-7H,3-4,8,15H2,1-2H3,(H2,16,20). The molecule has 0 aromatic heterocycles. The minimum atomic E-state index is -0.853. The maximum Gasteiger partial charge on any atom is 0.271 e. The van der Waals surface area contributed by atoms with E-state index < -0.39 is 5.60 Å². The Morgan fingerprint density at radius 2 is 2.05 bits per heavy atom. The Labute approximate surface area is 123 Å². The van der Waals surface area contributed by atoms with Gasteiger partial charge in [0.05, 0.1) is 17.2 Å². The molecule has 1 aliphatic heterocycles. The molecule has 1 amide bonds. The number of anilines is 2. The summed E-state index contributed by atoms with van der Waals surface area (Å²) in [5, 5.41) is 0. The van der Waals surface area contributed by atoms with Gasteiger partial charge in [-0.1, -0.05) is 26.1 Å². The third kappa shape index (κ3) is 2.31. The fraction of sp³-hybridized carbons (Fsp3) is 0.429. The third-order valence-electron chi connectivity index (χ3n) is 3.67. The Balaban J connectivity index is 2.55. The molecule has 1 aliphatic rings. The zero-order chi connectivity index (χ0) is 14.9. The van der Waals surface area contributed by atoms with Gasteiger partial charge in [-0.3, -0.25) is 9.69 Å². The molecular formula is C14H19N3O2S. The predicted molar refractivity (Wildman–Crippen MR) is 83.9 cm³/mol. The number of ether oxygens (including phenoxy) is 1. The Bertz CT molecular complexity index is 555. The highest BCUT2D eigenvalue weighted by Crippen LogP contribution is 2.41. The van der Waals surface area contributed by atoms with Gasteiger partial charge in [0.15, 0.2) is 5.60 Å². The Kier molecular flexibility index (Phi) is 3.85. The summed E-state index contributed by atoms with van der Waals surface area (Å²) in [6.45, 7) is 4.06. The number of nitrogens with two attached hydrogens (primary N) is 2. The van der Waals surface area contributed by atoms with Crippen LogP contribution in [0.25, 0.3) is 0 Å². The molecule has 1 heterocycles. The van der Waals surface area contributed by atoms with E-state index in [1.165, 1.54) is 0 Å². The van der Waals surface area contributed by atoms with E-state index in [-0.39, 0.29) is 17.4 Å². The van der Waals surface area contributed by atoms with Crippen molar-refractivity contribution < 1.29 is 9.53 Å². The van der Waals surface area contributed by atoms with E-state index in [1.54, 1.807) is 23.1 Å². The summed E-state index contributed by atoms with van der Waals surface area (Å²) in [6.07, 6.45) is 1.17. The number of thiocarbonyl (C=S) groups is 1. The van der Waals surface area contributed by atoms with E-state index in [9.17, 15) is 4.79 Å². The highest BCUT2D eigenvalue weighted by Gasteiger charge is 2.45. The Morgan fingerprint density at radius 3 is 2.60 bits per heavy atom. The van der Waals surface area contributed by atoms with Crippen LogP contribution < -0.4 is 21.1 Å². The molecule has 1 aromatic rings. The lowest BCUT2D eigenvalue weighted by atomic mass is 9.92. The molecule has 4 N–H and O–H groups in total. The van der Waals surface area contributed by atoms with Gasteiger partial charge in [0.25, 0.3) is 5.91 Å². The van der Waals surface area contributed by atoms with Crippen LogP contribution >= 0.6 is 12.2 Å². The number of nitrogens with zero attached hydrogens (tertiary/aromatic N) is 1. The van der Waals surface area contributed by atoms with Crippen molar-refractivity contribution in [1.82, 2.24) is 0 Å². The van der Waals surface area contributed by atoms with Crippen molar-refractivity contribution in [3.8, 4) is 5.75 Å². The van der Waals surface area contributed by atoms with Gasteiger partial charge in [-0.15, -0.1) is 0 Å². The lowest BCUT2D eigenvalue weighted by Gasteiger charge is -2.41. The molecule has 20 heavy (non-hydrogen) atoms. The van der Waals surface area contributed by atoms with Crippen LogP contribution in [0, 0.1) is 0 Å². The summed E-state index contributed by atoms with van der Waals surface area (Å²) in [7, 11) is 0. The van der Waals surface area contributed by atoms with Crippen LogP contribution in [0.5, 0.6) is 5.75 Å². The van der Waals surface area contributed by atoms with Gasteiger partial charge < -0.3 is 16.2 Å². The number of benzene rings is 1. The summed E-state index contributed by atoms with van der Waals surface area (Å²) in [4.78, 5) is 14.6. The Hall–Kier alpha value is -1.82. The van der Waals surface area contributed by atoms with E-state index in [0.29, 0.717) is 30.0 Å². The molecule has 108 valence electrons. The van der Waals surface area contributed by atoms with Gasteiger partial charge in [-0.2, -0.15) is 0 Å².